The maximum atomic E-state index is 12.5. The number of esters is 1. The second-order valence-corrected chi connectivity index (χ2v) is 2.01. The first kappa shape index (κ1) is 11.7. The number of rotatable bonds is 4. The number of carbonyl (C=O) groups is 2. The smallest absolute Gasteiger partial charge is 0.435 e. The second-order valence-electron chi connectivity index (χ2n) is 2.01. The predicted octanol–water partition coefficient (Wildman–Crippen LogP) is 1.02. The van der Waals surface area contributed by atoms with Crippen LogP contribution < -0.4 is 0 Å². The number of halogens is 1. The van der Waals surface area contributed by atoms with Gasteiger partial charge >= 0.3 is 12.1 Å². The Bertz CT molecular complexity index is 182. The van der Waals surface area contributed by atoms with Gasteiger partial charge < -0.3 is 14.2 Å². The fourth-order valence-electron chi connectivity index (χ4n) is 0.507. The molecule has 0 aliphatic carbocycles. The zero-order chi connectivity index (χ0) is 10.3. The third kappa shape index (κ3) is 7.04. The number of ether oxygens (including phenoxy) is 3. The molecule has 0 radical (unpaired) electrons. The second kappa shape index (κ2) is 6.22. The summed E-state index contributed by atoms with van der Waals surface area (Å²) in [6, 6.07) is 0. The number of carbonyl (C=O) groups excluding carboxylic acids is 2. The Labute approximate surface area is 74.8 Å². The van der Waals surface area contributed by atoms with Crippen molar-refractivity contribution in [2.45, 2.75) is 20.2 Å². The topological polar surface area (TPSA) is 61.8 Å². The summed E-state index contributed by atoms with van der Waals surface area (Å²) in [6.45, 7) is 2.12. The number of hydrogen-bond donors (Lipinski definition) is 0. The highest BCUT2D eigenvalue weighted by Gasteiger charge is 2.12. The SMILES string of the molecule is CCOC(=O)OCC(F)OC(C)=O. The Morgan fingerprint density at radius 2 is 2.00 bits per heavy atom. The van der Waals surface area contributed by atoms with E-state index in [4.69, 9.17) is 0 Å². The van der Waals surface area contributed by atoms with Crippen LogP contribution in [0.5, 0.6) is 0 Å². The van der Waals surface area contributed by atoms with Crippen molar-refractivity contribution in [3.05, 3.63) is 0 Å². The summed E-state index contributed by atoms with van der Waals surface area (Å²) < 4.78 is 25.1. The summed E-state index contributed by atoms with van der Waals surface area (Å²) >= 11 is 0. The quantitative estimate of drug-likeness (QED) is 0.625. The zero-order valence-corrected chi connectivity index (χ0v) is 7.41. The Kier molecular flexibility index (Phi) is 5.58. The summed E-state index contributed by atoms with van der Waals surface area (Å²) in [5.41, 5.74) is 0. The molecule has 5 nitrogen and oxygen atoms in total. The van der Waals surface area contributed by atoms with Gasteiger partial charge in [-0.3, -0.25) is 4.79 Å². The van der Waals surface area contributed by atoms with Gasteiger partial charge in [0, 0.05) is 6.92 Å². The van der Waals surface area contributed by atoms with E-state index in [0.29, 0.717) is 0 Å². The Morgan fingerprint density at radius 3 is 2.46 bits per heavy atom. The first-order valence-corrected chi connectivity index (χ1v) is 3.67. The van der Waals surface area contributed by atoms with E-state index < -0.39 is 25.1 Å². The molecule has 0 aromatic carbocycles. The molecule has 0 spiro atoms. The van der Waals surface area contributed by atoms with Gasteiger partial charge in [-0.15, -0.1) is 0 Å². The van der Waals surface area contributed by atoms with E-state index in [1.165, 1.54) is 0 Å². The van der Waals surface area contributed by atoms with Crippen LogP contribution in [0.1, 0.15) is 13.8 Å². The van der Waals surface area contributed by atoms with E-state index in [9.17, 15) is 14.0 Å². The average molecular weight is 194 g/mol. The van der Waals surface area contributed by atoms with Gasteiger partial charge in [0.2, 0.25) is 0 Å². The van der Waals surface area contributed by atoms with Crippen molar-refractivity contribution in [1.29, 1.82) is 0 Å². The van der Waals surface area contributed by atoms with Gasteiger partial charge in [-0.2, -0.15) is 4.39 Å². The van der Waals surface area contributed by atoms with Crippen LogP contribution >= 0.6 is 0 Å². The lowest BCUT2D eigenvalue weighted by molar-refractivity contribution is -0.159. The molecule has 0 aliphatic heterocycles. The first-order valence-electron chi connectivity index (χ1n) is 3.67. The molecule has 13 heavy (non-hydrogen) atoms. The van der Waals surface area contributed by atoms with Crippen LogP contribution in [0, 0.1) is 0 Å². The molecule has 0 heterocycles. The van der Waals surface area contributed by atoms with Crippen LogP contribution in [-0.4, -0.2) is 31.7 Å². The van der Waals surface area contributed by atoms with E-state index in [1.807, 2.05) is 0 Å². The Balaban J connectivity index is 3.51. The van der Waals surface area contributed by atoms with Crippen molar-refractivity contribution < 1.29 is 28.2 Å². The highest BCUT2D eigenvalue weighted by atomic mass is 19.1. The molecule has 0 amide bonds. The molecule has 0 aromatic heterocycles. The molecule has 0 rings (SSSR count). The lowest BCUT2D eigenvalue weighted by Gasteiger charge is -2.08. The van der Waals surface area contributed by atoms with Crippen LogP contribution in [0.2, 0.25) is 0 Å². The highest BCUT2D eigenvalue weighted by molar-refractivity contribution is 5.66. The van der Waals surface area contributed by atoms with Crippen LogP contribution in [0.15, 0.2) is 0 Å². The largest absolute Gasteiger partial charge is 0.508 e. The molecule has 1 atom stereocenters. The fraction of sp³-hybridized carbons (Fsp3) is 0.714. The maximum absolute atomic E-state index is 12.5. The Morgan fingerprint density at radius 1 is 1.38 bits per heavy atom. The van der Waals surface area contributed by atoms with Crippen molar-refractivity contribution in [3.63, 3.8) is 0 Å². The van der Waals surface area contributed by atoms with Crippen molar-refractivity contribution in [1.82, 2.24) is 0 Å². The zero-order valence-electron chi connectivity index (χ0n) is 7.41. The lowest BCUT2D eigenvalue weighted by atomic mass is 10.7. The molecule has 0 aromatic rings. The van der Waals surface area contributed by atoms with E-state index in [0.717, 1.165) is 6.92 Å². The lowest BCUT2D eigenvalue weighted by Crippen LogP contribution is -2.20. The maximum Gasteiger partial charge on any atom is 0.508 e. The summed E-state index contributed by atoms with van der Waals surface area (Å²) in [4.78, 5) is 20.7. The molecule has 0 fully saturated rings. The van der Waals surface area contributed by atoms with Crippen LogP contribution in [0.4, 0.5) is 9.18 Å². The van der Waals surface area contributed by atoms with Gasteiger partial charge in [-0.1, -0.05) is 0 Å². The minimum atomic E-state index is -1.94. The molecule has 0 bridgehead atoms. The van der Waals surface area contributed by atoms with E-state index in [2.05, 4.69) is 14.2 Å². The first-order chi connectivity index (χ1) is 6.06. The summed E-state index contributed by atoms with van der Waals surface area (Å²) in [5, 5.41) is 0. The van der Waals surface area contributed by atoms with Crippen LogP contribution in [0.25, 0.3) is 0 Å². The van der Waals surface area contributed by atoms with Crippen molar-refractivity contribution in [2.75, 3.05) is 13.2 Å². The van der Waals surface area contributed by atoms with Crippen LogP contribution in [0.3, 0.4) is 0 Å². The van der Waals surface area contributed by atoms with E-state index >= 15 is 0 Å². The fourth-order valence-corrected chi connectivity index (χ4v) is 0.507. The van der Waals surface area contributed by atoms with Gasteiger partial charge in [0.05, 0.1) is 6.61 Å². The minimum absolute atomic E-state index is 0.142. The standard InChI is InChI=1S/C7H11FO5/c1-3-11-7(10)12-4-6(8)13-5(2)9/h6H,3-4H2,1-2H3. The van der Waals surface area contributed by atoms with Gasteiger partial charge in [-0.05, 0) is 6.92 Å². The normalized spacial score (nSPS) is 11.6. The molecule has 0 saturated carbocycles. The van der Waals surface area contributed by atoms with Gasteiger partial charge in [0.15, 0.2) is 6.61 Å². The molecule has 6 heteroatoms. The molecular weight excluding hydrogens is 183 g/mol. The van der Waals surface area contributed by atoms with E-state index in [1.54, 1.807) is 6.92 Å². The summed E-state index contributed by atoms with van der Waals surface area (Å²) in [7, 11) is 0. The number of hydrogen-bond acceptors (Lipinski definition) is 5. The average Bonchev–Trinajstić information content (AvgIpc) is 2.00. The molecule has 0 aliphatic rings. The van der Waals surface area contributed by atoms with Crippen molar-refractivity contribution in [3.8, 4) is 0 Å². The van der Waals surface area contributed by atoms with Gasteiger partial charge in [0.25, 0.3) is 6.36 Å². The third-order valence-electron chi connectivity index (χ3n) is 0.888. The summed E-state index contributed by atoms with van der Waals surface area (Å²) in [6.07, 6.45) is -2.93. The highest BCUT2D eigenvalue weighted by Crippen LogP contribution is 1.96. The van der Waals surface area contributed by atoms with Crippen molar-refractivity contribution in [2.24, 2.45) is 0 Å². The molecule has 0 saturated heterocycles. The summed E-state index contributed by atoms with van der Waals surface area (Å²) in [5.74, 6) is -0.778. The molecule has 0 N–H and O–H groups in total. The molecular formula is C7H11FO5. The molecule has 76 valence electrons. The predicted molar refractivity (Wildman–Crippen MR) is 39.6 cm³/mol. The number of alkyl halides is 1. The van der Waals surface area contributed by atoms with Crippen molar-refractivity contribution >= 4 is 12.1 Å². The Hall–Kier alpha value is -1.33. The monoisotopic (exact) mass is 194 g/mol. The van der Waals surface area contributed by atoms with Gasteiger partial charge in [0.1, 0.15) is 0 Å². The van der Waals surface area contributed by atoms with Crippen LogP contribution in [-0.2, 0) is 19.0 Å². The van der Waals surface area contributed by atoms with Gasteiger partial charge in [-0.25, -0.2) is 4.79 Å². The van der Waals surface area contributed by atoms with E-state index in [-0.39, 0.29) is 6.61 Å². The third-order valence-corrected chi connectivity index (χ3v) is 0.888. The minimum Gasteiger partial charge on any atom is -0.435 e. The molecule has 1 unspecified atom stereocenters.